The van der Waals surface area contributed by atoms with Crippen LogP contribution in [0.4, 0.5) is 5.69 Å². The quantitative estimate of drug-likeness (QED) is 0.575. The van der Waals surface area contributed by atoms with Crippen LogP contribution in [-0.2, 0) is 9.59 Å². The van der Waals surface area contributed by atoms with Crippen molar-refractivity contribution in [2.45, 2.75) is 38.6 Å². The van der Waals surface area contributed by atoms with Gasteiger partial charge in [0.05, 0.1) is 4.91 Å². The second-order valence-electron chi connectivity index (χ2n) is 7.57. The molecule has 8 heteroatoms. The number of thiocarbonyl (C=S) groups is 1. The standard InChI is InChI=1S/C19H21ClN2O3S2/c1-10-8-19(2,3)21(4)14-7-13(20)11(5-12(10)14)6-15-17(25)22(9-16(23)24)18(26)27-15/h5-7,10H,8-9H2,1-4H3,(H,23,24)/b15-6+/t10-/m1/s1. The van der Waals surface area contributed by atoms with Crippen molar-refractivity contribution in [3.8, 4) is 0 Å². The molecular formula is C19H21ClN2O3S2. The Hall–Kier alpha value is -1.57. The Balaban J connectivity index is 1.99. The lowest BCUT2D eigenvalue weighted by Crippen LogP contribution is -2.45. The van der Waals surface area contributed by atoms with Crippen LogP contribution >= 0.6 is 35.6 Å². The van der Waals surface area contributed by atoms with Crippen molar-refractivity contribution in [3.63, 3.8) is 0 Å². The molecule has 1 amide bonds. The molecule has 0 saturated carbocycles. The van der Waals surface area contributed by atoms with Gasteiger partial charge in [-0.15, -0.1) is 0 Å². The summed E-state index contributed by atoms with van der Waals surface area (Å²) in [5.41, 5.74) is 3.07. The highest BCUT2D eigenvalue weighted by Crippen LogP contribution is 2.45. The van der Waals surface area contributed by atoms with Crippen LogP contribution in [-0.4, -0.2) is 45.3 Å². The number of fused-ring (bicyclic) bond motifs is 1. The topological polar surface area (TPSA) is 60.9 Å². The van der Waals surface area contributed by atoms with E-state index in [0.717, 1.165) is 34.3 Å². The molecule has 1 fully saturated rings. The molecular weight excluding hydrogens is 404 g/mol. The maximum atomic E-state index is 12.5. The summed E-state index contributed by atoms with van der Waals surface area (Å²) in [4.78, 5) is 27.2. The fourth-order valence-electron chi connectivity index (χ4n) is 3.63. The monoisotopic (exact) mass is 424 g/mol. The summed E-state index contributed by atoms with van der Waals surface area (Å²) in [6.07, 6.45) is 2.72. The van der Waals surface area contributed by atoms with Gasteiger partial charge in [-0.3, -0.25) is 14.5 Å². The van der Waals surface area contributed by atoms with Gasteiger partial charge in [-0.25, -0.2) is 0 Å². The molecule has 1 saturated heterocycles. The van der Waals surface area contributed by atoms with E-state index in [1.807, 2.05) is 12.1 Å². The molecule has 1 aromatic rings. The number of anilines is 1. The molecule has 0 spiro atoms. The fourth-order valence-corrected chi connectivity index (χ4v) is 5.09. The van der Waals surface area contributed by atoms with Gasteiger partial charge in [0.25, 0.3) is 5.91 Å². The van der Waals surface area contributed by atoms with Gasteiger partial charge in [-0.1, -0.05) is 42.5 Å². The molecule has 2 aliphatic heterocycles. The maximum absolute atomic E-state index is 12.5. The first kappa shape index (κ1) is 20.2. The molecule has 1 aromatic carbocycles. The minimum absolute atomic E-state index is 0.0382. The molecule has 0 aliphatic carbocycles. The van der Waals surface area contributed by atoms with E-state index >= 15 is 0 Å². The minimum atomic E-state index is -1.10. The Morgan fingerprint density at radius 1 is 1.48 bits per heavy atom. The number of rotatable bonds is 3. The summed E-state index contributed by atoms with van der Waals surface area (Å²) in [6.45, 7) is 6.18. The number of amides is 1. The third kappa shape index (κ3) is 3.73. The van der Waals surface area contributed by atoms with E-state index in [1.165, 1.54) is 5.56 Å². The zero-order valence-corrected chi connectivity index (χ0v) is 18.0. The lowest BCUT2D eigenvalue weighted by molar-refractivity contribution is -0.140. The number of nitrogens with zero attached hydrogens (tertiary/aromatic N) is 2. The number of carboxylic acid groups (broad SMARTS) is 1. The Morgan fingerprint density at radius 2 is 2.15 bits per heavy atom. The average Bonchev–Trinajstić information content (AvgIpc) is 2.81. The van der Waals surface area contributed by atoms with Crippen molar-refractivity contribution < 1.29 is 14.7 Å². The number of benzene rings is 1. The fraction of sp³-hybridized carbons (Fsp3) is 0.421. The third-order valence-electron chi connectivity index (χ3n) is 5.21. The van der Waals surface area contributed by atoms with E-state index in [-0.39, 0.29) is 9.86 Å². The van der Waals surface area contributed by atoms with Crippen molar-refractivity contribution in [2.24, 2.45) is 0 Å². The van der Waals surface area contributed by atoms with Gasteiger partial charge in [-0.2, -0.15) is 0 Å². The number of carboxylic acids is 1. The van der Waals surface area contributed by atoms with Crippen LogP contribution in [0.2, 0.25) is 5.02 Å². The lowest BCUT2D eigenvalue weighted by atomic mass is 9.80. The van der Waals surface area contributed by atoms with Gasteiger partial charge < -0.3 is 10.0 Å². The molecule has 2 aliphatic rings. The molecule has 5 nitrogen and oxygen atoms in total. The molecule has 1 atom stereocenters. The van der Waals surface area contributed by atoms with Gasteiger partial charge in [0.15, 0.2) is 0 Å². The molecule has 0 aromatic heterocycles. The summed E-state index contributed by atoms with van der Waals surface area (Å²) >= 11 is 12.8. The minimum Gasteiger partial charge on any atom is -0.480 e. The van der Waals surface area contributed by atoms with E-state index < -0.39 is 18.4 Å². The van der Waals surface area contributed by atoms with Crippen molar-refractivity contribution in [3.05, 3.63) is 33.2 Å². The van der Waals surface area contributed by atoms with Gasteiger partial charge in [0.1, 0.15) is 10.9 Å². The molecule has 0 bridgehead atoms. The number of thioether (sulfide) groups is 1. The Kier molecular flexibility index (Phi) is 5.31. The Morgan fingerprint density at radius 3 is 2.78 bits per heavy atom. The Bertz CT molecular complexity index is 882. The van der Waals surface area contributed by atoms with Crippen LogP contribution in [0.1, 0.15) is 44.2 Å². The molecule has 3 rings (SSSR count). The highest BCUT2D eigenvalue weighted by Gasteiger charge is 2.36. The van der Waals surface area contributed by atoms with Crippen molar-refractivity contribution in [1.82, 2.24) is 4.90 Å². The van der Waals surface area contributed by atoms with Crippen molar-refractivity contribution >= 4 is 63.5 Å². The first-order valence-electron chi connectivity index (χ1n) is 8.55. The molecule has 144 valence electrons. The maximum Gasteiger partial charge on any atom is 0.323 e. The number of carbonyl (C=O) groups excluding carboxylic acids is 1. The zero-order chi connectivity index (χ0) is 20.1. The summed E-state index contributed by atoms with van der Waals surface area (Å²) < 4.78 is 0.248. The first-order valence-corrected chi connectivity index (χ1v) is 10.2. The van der Waals surface area contributed by atoms with Gasteiger partial charge in [0.2, 0.25) is 0 Å². The molecule has 2 heterocycles. The van der Waals surface area contributed by atoms with E-state index in [1.54, 1.807) is 6.08 Å². The summed E-state index contributed by atoms with van der Waals surface area (Å²) in [5.74, 6) is -1.14. The third-order valence-corrected chi connectivity index (χ3v) is 6.91. The van der Waals surface area contributed by atoms with Crippen LogP contribution < -0.4 is 4.90 Å². The van der Waals surface area contributed by atoms with Crippen LogP contribution in [0.15, 0.2) is 17.0 Å². The van der Waals surface area contributed by atoms with Gasteiger partial charge in [-0.05, 0) is 55.5 Å². The molecule has 0 unspecified atom stereocenters. The van der Waals surface area contributed by atoms with Crippen LogP contribution in [0.3, 0.4) is 0 Å². The van der Waals surface area contributed by atoms with Crippen molar-refractivity contribution in [1.29, 1.82) is 0 Å². The summed E-state index contributed by atoms with van der Waals surface area (Å²) in [5, 5.41) is 9.50. The number of carbonyl (C=O) groups is 2. The summed E-state index contributed by atoms with van der Waals surface area (Å²) in [7, 11) is 2.07. The lowest BCUT2D eigenvalue weighted by Gasteiger charge is -2.45. The largest absolute Gasteiger partial charge is 0.480 e. The predicted molar refractivity (Wildman–Crippen MR) is 114 cm³/mol. The summed E-state index contributed by atoms with van der Waals surface area (Å²) in [6, 6.07) is 3.97. The van der Waals surface area contributed by atoms with E-state index in [0.29, 0.717) is 15.8 Å². The predicted octanol–water partition coefficient (Wildman–Crippen LogP) is 4.35. The second-order valence-corrected chi connectivity index (χ2v) is 9.65. The Labute approximate surface area is 173 Å². The van der Waals surface area contributed by atoms with E-state index in [9.17, 15) is 9.59 Å². The number of aliphatic carboxylic acids is 1. The normalized spacial score (nSPS) is 23.1. The molecule has 0 radical (unpaired) electrons. The van der Waals surface area contributed by atoms with Crippen molar-refractivity contribution in [2.75, 3.05) is 18.5 Å². The highest BCUT2D eigenvalue weighted by atomic mass is 35.5. The first-order chi connectivity index (χ1) is 12.5. The second kappa shape index (κ2) is 7.11. The van der Waals surface area contributed by atoms with Crippen LogP contribution in [0.25, 0.3) is 6.08 Å². The smallest absolute Gasteiger partial charge is 0.323 e. The zero-order valence-electron chi connectivity index (χ0n) is 15.6. The van der Waals surface area contributed by atoms with Crippen LogP contribution in [0, 0.1) is 0 Å². The van der Waals surface area contributed by atoms with E-state index in [4.69, 9.17) is 28.9 Å². The van der Waals surface area contributed by atoms with Gasteiger partial charge >= 0.3 is 5.97 Å². The van der Waals surface area contributed by atoms with Crippen LogP contribution in [0.5, 0.6) is 0 Å². The van der Waals surface area contributed by atoms with Gasteiger partial charge in [0, 0.05) is 23.3 Å². The molecule has 1 N–H and O–H groups in total. The number of hydrogen-bond donors (Lipinski definition) is 1. The SMILES string of the molecule is C[C@@H]1CC(C)(C)N(C)c2cc(Cl)c(/C=C3/SC(=S)N(CC(=O)O)C3=O)cc21. The highest BCUT2D eigenvalue weighted by molar-refractivity contribution is 8.26. The number of halogens is 1. The van der Waals surface area contributed by atoms with E-state index in [2.05, 4.69) is 32.7 Å². The number of hydrogen-bond acceptors (Lipinski definition) is 5. The average molecular weight is 425 g/mol. The molecule has 27 heavy (non-hydrogen) atoms.